The molecule has 3 aromatic carbocycles. The van der Waals surface area contributed by atoms with E-state index in [-0.39, 0.29) is 0 Å². The van der Waals surface area contributed by atoms with Crippen LogP contribution in [-0.4, -0.2) is 6.08 Å². The molecule has 3 aromatic rings. The largest absolute Gasteiger partial charge is 0.240 e. The maximum atomic E-state index is 10.6. The summed E-state index contributed by atoms with van der Waals surface area (Å²) in [6.45, 7) is 0. The van der Waals surface area contributed by atoms with E-state index in [0.717, 1.165) is 26.4 Å². The average molecular weight is 324 g/mol. The van der Waals surface area contributed by atoms with Gasteiger partial charge in [-0.2, -0.15) is 4.99 Å². The molecule has 3 heteroatoms. The number of benzene rings is 3. The van der Waals surface area contributed by atoms with E-state index in [9.17, 15) is 4.79 Å². The molecule has 0 saturated heterocycles. The van der Waals surface area contributed by atoms with Gasteiger partial charge >= 0.3 is 0 Å². The number of halogens is 1. The zero-order chi connectivity index (χ0) is 13.9. The molecule has 0 spiro atoms. The minimum Gasteiger partial charge on any atom is -0.211 e. The molecule has 0 atom stereocenters. The Bertz CT molecular complexity index is 821. The summed E-state index contributed by atoms with van der Waals surface area (Å²) in [4.78, 5) is 14.4. The Morgan fingerprint density at radius 2 is 1.70 bits per heavy atom. The van der Waals surface area contributed by atoms with Crippen LogP contribution in [0.15, 0.2) is 70.1 Å². The van der Waals surface area contributed by atoms with Crippen LogP contribution in [-0.2, 0) is 4.79 Å². The van der Waals surface area contributed by atoms with Crippen molar-refractivity contribution in [2.24, 2.45) is 4.99 Å². The molecular weight excluding hydrogens is 314 g/mol. The van der Waals surface area contributed by atoms with Crippen molar-refractivity contribution in [3.8, 4) is 11.1 Å². The van der Waals surface area contributed by atoms with E-state index in [2.05, 4.69) is 33.1 Å². The zero-order valence-corrected chi connectivity index (χ0v) is 12.1. The lowest BCUT2D eigenvalue weighted by molar-refractivity contribution is 0.565. The van der Waals surface area contributed by atoms with Gasteiger partial charge in [-0.05, 0) is 28.6 Å². The van der Waals surface area contributed by atoms with Crippen molar-refractivity contribution in [3.05, 3.63) is 65.1 Å². The van der Waals surface area contributed by atoms with Gasteiger partial charge in [-0.25, -0.2) is 4.79 Å². The molecule has 0 unspecified atom stereocenters. The molecule has 96 valence electrons. The Morgan fingerprint density at radius 3 is 2.45 bits per heavy atom. The van der Waals surface area contributed by atoms with Gasteiger partial charge < -0.3 is 0 Å². The highest BCUT2D eigenvalue weighted by molar-refractivity contribution is 9.10. The predicted molar refractivity (Wildman–Crippen MR) is 84.9 cm³/mol. The fourth-order valence-electron chi connectivity index (χ4n) is 2.36. The smallest absolute Gasteiger partial charge is 0.211 e. The molecule has 0 amide bonds. The number of fused-ring (bicyclic) bond motifs is 1. The monoisotopic (exact) mass is 323 g/mol. The Balaban J connectivity index is 2.40. The van der Waals surface area contributed by atoms with Crippen LogP contribution in [0.4, 0.5) is 5.69 Å². The van der Waals surface area contributed by atoms with Crippen LogP contribution < -0.4 is 0 Å². The summed E-state index contributed by atoms with van der Waals surface area (Å²) < 4.78 is 0.918. The van der Waals surface area contributed by atoms with Gasteiger partial charge in [0.05, 0.1) is 5.69 Å². The van der Waals surface area contributed by atoms with Crippen molar-refractivity contribution in [2.45, 2.75) is 0 Å². The standard InChI is InChI=1S/C17H10BrNO/c18-15-8-4-7-14-13(12-5-2-1-3-6-12)9-10-16(17(14)15)19-11-20/h1-10H. The van der Waals surface area contributed by atoms with Crippen molar-refractivity contribution in [1.29, 1.82) is 0 Å². The van der Waals surface area contributed by atoms with Crippen molar-refractivity contribution >= 4 is 38.5 Å². The third kappa shape index (κ3) is 2.18. The molecule has 20 heavy (non-hydrogen) atoms. The summed E-state index contributed by atoms with van der Waals surface area (Å²) in [5, 5.41) is 1.99. The summed E-state index contributed by atoms with van der Waals surface area (Å²) in [6.07, 6.45) is 1.62. The second-order valence-electron chi connectivity index (χ2n) is 4.36. The predicted octanol–water partition coefficient (Wildman–Crippen LogP) is 5.24. The highest BCUT2D eigenvalue weighted by atomic mass is 79.9. The molecule has 0 saturated carbocycles. The minimum atomic E-state index is 0.627. The maximum absolute atomic E-state index is 10.6. The van der Waals surface area contributed by atoms with E-state index in [1.807, 2.05) is 48.5 Å². The van der Waals surface area contributed by atoms with E-state index in [1.165, 1.54) is 0 Å². The minimum absolute atomic E-state index is 0.627. The van der Waals surface area contributed by atoms with Gasteiger partial charge in [0.1, 0.15) is 0 Å². The Labute approximate surface area is 124 Å². The van der Waals surface area contributed by atoms with Gasteiger partial charge in [-0.3, -0.25) is 0 Å². The van der Waals surface area contributed by atoms with E-state index < -0.39 is 0 Å². The van der Waals surface area contributed by atoms with Crippen molar-refractivity contribution < 1.29 is 4.79 Å². The number of rotatable bonds is 2. The SMILES string of the molecule is O=C=Nc1ccc(-c2ccccc2)c2cccc(Br)c12. The Kier molecular flexibility index (Phi) is 3.46. The lowest BCUT2D eigenvalue weighted by Crippen LogP contribution is -1.83. The van der Waals surface area contributed by atoms with E-state index in [0.29, 0.717) is 5.69 Å². The number of hydrogen-bond acceptors (Lipinski definition) is 2. The number of carbonyl (C=O) groups excluding carboxylic acids is 1. The lowest BCUT2D eigenvalue weighted by Gasteiger charge is -2.10. The van der Waals surface area contributed by atoms with Gasteiger partial charge in [-0.1, -0.05) is 64.5 Å². The number of hydrogen-bond donors (Lipinski definition) is 0. The molecular formula is C17H10BrNO. The van der Waals surface area contributed by atoms with E-state index >= 15 is 0 Å². The summed E-state index contributed by atoms with van der Waals surface area (Å²) in [7, 11) is 0. The quantitative estimate of drug-likeness (QED) is 0.468. The van der Waals surface area contributed by atoms with Gasteiger partial charge in [0.15, 0.2) is 0 Å². The van der Waals surface area contributed by atoms with Crippen LogP contribution in [0.3, 0.4) is 0 Å². The molecule has 3 rings (SSSR count). The van der Waals surface area contributed by atoms with Crippen molar-refractivity contribution in [2.75, 3.05) is 0 Å². The second-order valence-corrected chi connectivity index (χ2v) is 5.22. The summed E-state index contributed by atoms with van der Waals surface area (Å²) in [5.74, 6) is 0. The molecule has 2 nitrogen and oxygen atoms in total. The first-order chi connectivity index (χ1) is 9.81. The van der Waals surface area contributed by atoms with Gasteiger partial charge in [0.25, 0.3) is 0 Å². The first-order valence-corrected chi connectivity index (χ1v) is 6.95. The molecule has 0 bridgehead atoms. The number of aliphatic imine (C=N–C) groups is 1. The molecule has 0 aromatic heterocycles. The van der Waals surface area contributed by atoms with Crippen LogP contribution in [0.25, 0.3) is 21.9 Å². The van der Waals surface area contributed by atoms with Crippen LogP contribution in [0.2, 0.25) is 0 Å². The van der Waals surface area contributed by atoms with Gasteiger partial charge in [-0.15, -0.1) is 0 Å². The molecule has 0 fully saturated rings. The van der Waals surface area contributed by atoms with Crippen LogP contribution in [0.1, 0.15) is 0 Å². The molecule has 0 aliphatic rings. The van der Waals surface area contributed by atoms with E-state index in [4.69, 9.17) is 0 Å². The molecule has 0 aliphatic carbocycles. The maximum Gasteiger partial charge on any atom is 0.240 e. The van der Waals surface area contributed by atoms with Gasteiger partial charge in [0, 0.05) is 9.86 Å². The van der Waals surface area contributed by atoms with Gasteiger partial charge in [0.2, 0.25) is 6.08 Å². The van der Waals surface area contributed by atoms with Crippen LogP contribution in [0, 0.1) is 0 Å². The Hall–Kier alpha value is -2.22. The third-order valence-electron chi connectivity index (χ3n) is 3.22. The number of isocyanates is 1. The van der Waals surface area contributed by atoms with Crippen molar-refractivity contribution in [3.63, 3.8) is 0 Å². The normalized spacial score (nSPS) is 10.2. The first-order valence-electron chi connectivity index (χ1n) is 6.16. The molecule has 0 heterocycles. The fraction of sp³-hybridized carbons (Fsp3) is 0. The topological polar surface area (TPSA) is 29.4 Å². The zero-order valence-electron chi connectivity index (χ0n) is 10.5. The second kappa shape index (κ2) is 5.41. The van der Waals surface area contributed by atoms with Crippen LogP contribution in [0.5, 0.6) is 0 Å². The fourth-order valence-corrected chi connectivity index (χ4v) is 2.93. The first kappa shape index (κ1) is 12.8. The Morgan fingerprint density at radius 1 is 0.900 bits per heavy atom. The molecule has 0 aliphatic heterocycles. The third-order valence-corrected chi connectivity index (χ3v) is 3.88. The summed E-state index contributed by atoms with van der Waals surface area (Å²) >= 11 is 3.53. The summed E-state index contributed by atoms with van der Waals surface area (Å²) in [6, 6.07) is 19.9. The lowest BCUT2D eigenvalue weighted by atomic mass is 9.97. The number of nitrogens with zero attached hydrogens (tertiary/aromatic N) is 1. The highest BCUT2D eigenvalue weighted by Crippen LogP contribution is 2.38. The average Bonchev–Trinajstić information content (AvgIpc) is 2.49. The van der Waals surface area contributed by atoms with Crippen LogP contribution >= 0.6 is 15.9 Å². The van der Waals surface area contributed by atoms with E-state index in [1.54, 1.807) is 6.08 Å². The molecule has 0 N–H and O–H groups in total. The molecule has 0 radical (unpaired) electrons. The van der Waals surface area contributed by atoms with Crippen molar-refractivity contribution in [1.82, 2.24) is 0 Å². The highest BCUT2D eigenvalue weighted by Gasteiger charge is 2.09. The summed E-state index contributed by atoms with van der Waals surface area (Å²) in [5.41, 5.74) is 2.88.